The van der Waals surface area contributed by atoms with Crippen molar-refractivity contribution >= 4 is 39.8 Å². The molecule has 2 aromatic carbocycles. The van der Waals surface area contributed by atoms with Crippen molar-refractivity contribution in [3.05, 3.63) is 70.0 Å². The van der Waals surface area contributed by atoms with Crippen molar-refractivity contribution < 1.29 is 18.8 Å². The molecule has 0 saturated carbocycles. The number of nitrogens with zero attached hydrogens (tertiary/aromatic N) is 3. The fraction of sp³-hybridized carbons (Fsp3) is 0.118. The van der Waals surface area contributed by atoms with Crippen LogP contribution in [0.4, 0.5) is 15.2 Å². The monoisotopic (exact) mass is 420 g/mol. The Bertz CT molecular complexity index is 981. The van der Waals surface area contributed by atoms with Crippen molar-refractivity contribution in [2.75, 3.05) is 11.9 Å². The Kier molecular flexibility index (Phi) is 6.50. The summed E-state index contributed by atoms with van der Waals surface area (Å²) in [4.78, 5) is 22.3. The molecule has 1 N–H and O–H groups in total. The normalized spacial score (nSPS) is 10.5. The molecule has 1 heterocycles. The average molecular weight is 420 g/mol. The van der Waals surface area contributed by atoms with E-state index in [4.69, 9.17) is 4.74 Å². The fourth-order valence-electron chi connectivity index (χ4n) is 2.07. The molecule has 0 spiro atoms. The van der Waals surface area contributed by atoms with Gasteiger partial charge in [-0.2, -0.15) is 0 Å². The molecule has 1 aromatic heterocycles. The number of anilines is 1. The van der Waals surface area contributed by atoms with Gasteiger partial charge in [0.25, 0.3) is 5.91 Å². The van der Waals surface area contributed by atoms with Gasteiger partial charge in [-0.3, -0.25) is 20.2 Å². The van der Waals surface area contributed by atoms with Crippen molar-refractivity contribution in [3.63, 3.8) is 0 Å². The molecule has 0 aliphatic carbocycles. The van der Waals surface area contributed by atoms with E-state index < -0.39 is 17.4 Å². The third-order valence-electron chi connectivity index (χ3n) is 3.35. The van der Waals surface area contributed by atoms with Crippen molar-refractivity contribution in [1.29, 1.82) is 0 Å². The van der Waals surface area contributed by atoms with Gasteiger partial charge in [-0.15, -0.1) is 10.2 Å². The van der Waals surface area contributed by atoms with E-state index in [9.17, 15) is 19.3 Å². The second-order valence-electron chi connectivity index (χ2n) is 5.35. The summed E-state index contributed by atoms with van der Waals surface area (Å²) in [7, 11) is 0. The van der Waals surface area contributed by atoms with Gasteiger partial charge in [0.1, 0.15) is 5.82 Å². The van der Waals surface area contributed by atoms with E-state index in [-0.39, 0.29) is 22.4 Å². The summed E-state index contributed by atoms with van der Waals surface area (Å²) < 4.78 is 18.8. The lowest BCUT2D eigenvalue weighted by atomic mass is 10.2. The number of benzene rings is 2. The average Bonchev–Trinajstić information content (AvgIpc) is 3.13. The van der Waals surface area contributed by atoms with Gasteiger partial charge in [0.2, 0.25) is 5.13 Å². The van der Waals surface area contributed by atoms with Crippen LogP contribution >= 0.6 is 23.1 Å². The highest BCUT2D eigenvalue weighted by Crippen LogP contribution is 2.29. The van der Waals surface area contributed by atoms with Crippen molar-refractivity contribution in [3.8, 4) is 5.75 Å². The number of rotatable bonds is 8. The molecular weight excluding hydrogens is 407 g/mol. The maximum absolute atomic E-state index is 12.9. The third-order valence-corrected chi connectivity index (χ3v) is 5.39. The number of hydrogen-bond acceptors (Lipinski definition) is 8. The Labute approximate surface area is 166 Å². The van der Waals surface area contributed by atoms with Gasteiger partial charge in [0.05, 0.1) is 4.92 Å². The molecular formula is C17H13FN4O4S2. The molecule has 0 aliphatic rings. The molecule has 1 amide bonds. The number of nitrogens with one attached hydrogen (secondary N) is 1. The first-order chi connectivity index (χ1) is 13.5. The van der Waals surface area contributed by atoms with Gasteiger partial charge in [-0.1, -0.05) is 47.4 Å². The number of thioether (sulfide) groups is 1. The Morgan fingerprint density at radius 3 is 2.71 bits per heavy atom. The second-order valence-corrected chi connectivity index (χ2v) is 7.55. The minimum Gasteiger partial charge on any atom is -0.477 e. The molecule has 0 radical (unpaired) electrons. The van der Waals surface area contributed by atoms with E-state index in [0.717, 1.165) is 5.56 Å². The zero-order valence-corrected chi connectivity index (χ0v) is 15.8. The van der Waals surface area contributed by atoms with Crippen molar-refractivity contribution in [2.24, 2.45) is 0 Å². The van der Waals surface area contributed by atoms with Crippen molar-refractivity contribution in [2.45, 2.75) is 10.1 Å². The van der Waals surface area contributed by atoms with Crippen LogP contribution in [-0.2, 0) is 10.5 Å². The van der Waals surface area contributed by atoms with Gasteiger partial charge in [0.15, 0.2) is 16.7 Å². The lowest BCUT2D eigenvalue weighted by Crippen LogP contribution is -2.20. The number of amides is 1. The maximum atomic E-state index is 12.9. The quantitative estimate of drug-likeness (QED) is 0.255. The Balaban J connectivity index is 1.50. The van der Waals surface area contributed by atoms with Crippen LogP contribution in [0.15, 0.2) is 52.9 Å². The molecule has 0 saturated heterocycles. The Morgan fingerprint density at radius 1 is 1.21 bits per heavy atom. The number of aromatic nitrogens is 2. The SMILES string of the molecule is O=C(COc1ccccc1[N+](=O)[O-])Nc1nnc(SCc2ccc(F)cc2)s1. The topological polar surface area (TPSA) is 107 Å². The molecule has 11 heteroatoms. The molecule has 3 rings (SSSR count). The molecule has 0 atom stereocenters. The maximum Gasteiger partial charge on any atom is 0.310 e. The van der Waals surface area contributed by atoms with Crippen LogP contribution in [0.25, 0.3) is 0 Å². The van der Waals surface area contributed by atoms with E-state index in [1.54, 1.807) is 18.2 Å². The van der Waals surface area contributed by atoms with Crippen LogP contribution in [0.2, 0.25) is 0 Å². The highest BCUT2D eigenvalue weighted by atomic mass is 32.2. The summed E-state index contributed by atoms with van der Waals surface area (Å²) in [5.41, 5.74) is 0.718. The van der Waals surface area contributed by atoms with Crippen LogP contribution in [0, 0.1) is 15.9 Å². The first kappa shape index (κ1) is 19.7. The summed E-state index contributed by atoms with van der Waals surface area (Å²) in [6.07, 6.45) is 0. The molecule has 0 bridgehead atoms. The number of carbonyl (C=O) groups excluding carboxylic acids is 1. The van der Waals surface area contributed by atoms with E-state index in [1.807, 2.05) is 0 Å². The fourth-order valence-corrected chi connectivity index (χ4v) is 3.80. The predicted molar refractivity (Wildman–Crippen MR) is 103 cm³/mol. The molecule has 0 unspecified atom stereocenters. The highest BCUT2D eigenvalue weighted by Gasteiger charge is 2.16. The molecule has 3 aromatic rings. The largest absolute Gasteiger partial charge is 0.477 e. The van der Waals surface area contributed by atoms with Crippen LogP contribution in [0.1, 0.15) is 5.56 Å². The highest BCUT2D eigenvalue weighted by molar-refractivity contribution is 8.00. The minimum absolute atomic E-state index is 0.00968. The minimum atomic E-state index is -0.581. The van der Waals surface area contributed by atoms with Gasteiger partial charge in [-0.25, -0.2) is 4.39 Å². The third kappa shape index (κ3) is 5.47. The number of para-hydroxylation sites is 2. The van der Waals surface area contributed by atoms with Crippen LogP contribution in [0.5, 0.6) is 5.75 Å². The first-order valence-corrected chi connectivity index (χ1v) is 9.68. The van der Waals surface area contributed by atoms with E-state index in [2.05, 4.69) is 15.5 Å². The standard InChI is InChI=1S/C17H13FN4O4S2/c18-12-7-5-11(6-8-12)10-27-17-21-20-16(28-17)19-15(23)9-26-14-4-2-1-3-13(14)22(24)25/h1-8H,9-10H2,(H,19,20,23). The molecule has 0 fully saturated rings. The number of nitro benzene ring substituents is 1. The molecule has 28 heavy (non-hydrogen) atoms. The smallest absolute Gasteiger partial charge is 0.310 e. The zero-order valence-electron chi connectivity index (χ0n) is 14.2. The zero-order chi connectivity index (χ0) is 19.9. The molecule has 0 aliphatic heterocycles. The van der Waals surface area contributed by atoms with E-state index in [0.29, 0.717) is 10.1 Å². The summed E-state index contributed by atoms with van der Waals surface area (Å²) in [6, 6.07) is 12.0. The second kappa shape index (κ2) is 9.24. The number of carbonyl (C=O) groups is 1. The number of nitro groups is 1. The van der Waals surface area contributed by atoms with Crippen molar-refractivity contribution in [1.82, 2.24) is 10.2 Å². The first-order valence-electron chi connectivity index (χ1n) is 7.88. The number of halogens is 1. The molecule has 8 nitrogen and oxygen atoms in total. The number of hydrogen-bond donors (Lipinski definition) is 1. The van der Waals surface area contributed by atoms with Crippen LogP contribution in [0.3, 0.4) is 0 Å². The van der Waals surface area contributed by atoms with Crippen LogP contribution in [-0.4, -0.2) is 27.6 Å². The predicted octanol–water partition coefficient (Wildman–Crippen LogP) is 3.90. The van der Waals surface area contributed by atoms with Gasteiger partial charge in [0, 0.05) is 11.8 Å². The summed E-state index contributed by atoms with van der Waals surface area (Å²) in [5, 5.41) is 21.6. The number of ether oxygens (including phenoxy) is 1. The Morgan fingerprint density at radius 2 is 1.96 bits per heavy atom. The lowest BCUT2D eigenvalue weighted by Gasteiger charge is -2.05. The summed E-state index contributed by atoms with van der Waals surface area (Å²) in [6.45, 7) is -0.400. The summed E-state index contributed by atoms with van der Waals surface area (Å²) in [5.74, 6) is -0.207. The van der Waals surface area contributed by atoms with E-state index >= 15 is 0 Å². The lowest BCUT2D eigenvalue weighted by molar-refractivity contribution is -0.385. The van der Waals surface area contributed by atoms with Gasteiger partial charge < -0.3 is 4.74 Å². The van der Waals surface area contributed by atoms with Gasteiger partial charge in [-0.05, 0) is 23.8 Å². The molecule has 144 valence electrons. The van der Waals surface area contributed by atoms with Crippen LogP contribution < -0.4 is 10.1 Å². The van der Waals surface area contributed by atoms with E-state index in [1.165, 1.54) is 53.4 Å². The summed E-state index contributed by atoms with van der Waals surface area (Å²) >= 11 is 2.59. The van der Waals surface area contributed by atoms with Gasteiger partial charge >= 0.3 is 5.69 Å². The Hall–Kier alpha value is -3.05.